The van der Waals surface area contributed by atoms with Crippen LogP contribution in [-0.2, 0) is 31.6 Å². The van der Waals surface area contributed by atoms with E-state index in [9.17, 15) is 33.3 Å². The standard InChI is InChI=1S/C10H16N5O11P3.4Li/c11-9-8-10(13-4-12-9)15(5-14-8)7-2-1-6(24-7)3-23-28(19,20)26-29(21,22)25-27(16,17)18;;;;/h4-7H,1-3H2,(H,19,20)(H,21,22)(H2,11,12,13)(H2,16,17,18);;;;/q;4*+1/p-4. The van der Waals surface area contributed by atoms with Gasteiger partial charge in [0.1, 0.15) is 18.1 Å². The van der Waals surface area contributed by atoms with Crippen LogP contribution in [-0.4, -0.2) is 32.2 Å². The van der Waals surface area contributed by atoms with Crippen LogP contribution in [0.1, 0.15) is 19.1 Å². The van der Waals surface area contributed by atoms with Crippen LogP contribution in [0.4, 0.5) is 5.82 Å². The Labute approximate surface area is 235 Å². The first-order valence-corrected chi connectivity index (χ1v) is 12.0. The van der Waals surface area contributed by atoms with Gasteiger partial charge < -0.3 is 39.1 Å². The van der Waals surface area contributed by atoms with E-state index in [4.69, 9.17) is 10.5 Å². The Bertz CT molecular complexity index is 1060. The van der Waals surface area contributed by atoms with Crippen LogP contribution >= 0.6 is 23.5 Å². The third-order valence-corrected chi connectivity index (χ3v) is 7.27. The minimum absolute atomic E-state index is 0. The number of imidazole rings is 1. The molecule has 4 unspecified atom stereocenters. The van der Waals surface area contributed by atoms with Gasteiger partial charge in [0.15, 0.2) is 11.5 Å². The molecule has 23 heteroatoms. The Morgan fingerprint density at radius 3 is 2.24 bits per heavy atom. The maximum absolute atomic E-state index is 11.5. The van der Waals surface area contributed by atoms with Crippen LogP contribution in [0.5, 0.6) is 0 Å². The predicted octanol–water partition coefficient (Wildman–Crippen LogP) is -14.1. The van der Waals surface area contributed by atoms with Gasteiger partial charge in [-0.05, 0) is 12.8 Å². The van der Waals surface area contributed by atoms with Gasteiger partial charge in [0, 0.05) is 0 Å². The number of nitrogens with zero attached hydrogens (tertiary/aromatic N) is 4. The van der Waals surface area contributed by atoms with E-state index in [1.54, 1.807) is 4.57 Å². The summed E-state index contributed by atoms with van der Waals surface area (Å²) in [4.78, 5) is 55.2. The monoisotopic (exact) mass is 499 g/mol. The zero-order valence-corrected chi connectivity index (χ0v) is 20.8. The van der Waals surface area contributed by atoms with Crippen molar-refractivity contribution in [3.05, 3.63) is 12.7 Å². The minimum Gasteiger partial charge on any atom is -0.790 e. The molecule has 2 aromatic rings. The summed E-state index contributed by atoms with van der Waals surface area (Å²) in [6.45, 7) is -0.645. The molecule has 33 heavy (non-hydrogen) atoms. The van der Waals surface area contributed by atoms with E-state index in [1.165, 1.54) is 12.7 Å². The molecule has 162 valence electrons. The number of ether oxygens (including phenoxy) is 1. The minimum atomic E-state index is -6.04. The van der Waals surface area contributed by atoms with E-state index in [2.05, 4.69) is 28.1 Å². The SMILES string of the molecule is Nc1ncnc2c1ncn2C1CCC(COP(=O)([O-])OP(=O)([O-])OP(=O)([O-])[O-])O1.[Li+].[Li+].[Li+].[Li+]. The van der Waals surface area contributed by atoms with E-state index >= 15 is 0 Å². The largest absolute Gasteiger partial charge is 1.00 e. The molecule has 3 rings (SSSR count). The quantitative estimate of drug-likeness (QED) is 0.262. The number of nitrogen functional groups attached to an aromatic ring is 1. The van der Waals surface area contributed by atoms with Crippen LogP contribution in [0.3, 0.4) is 0 Å². The first-order chi connectivity index (χ1) is 13.4. The number of phosphoric acid groups is 3. The molecular weight excluding hydrogens is 487 g/mol. The topological polar surface area (TPSA) is 250 Å². The number of hydrogen-bond acceptors (Lipinski definition) is 15. The van der Waals surface area contributed by atoms with Gasteiger partial charge in [-0.3, -0.25) is 18.0 Å². The van der Waals surface area contributed by atoms with Gasteiger partial charge in [-0.2, -0.15) is 0 Å². The number of aromatic nitrogens is 4. The summed E-state index contributed by atoms with van der Waals surface area (Å²) in [7, 11) is -17.6. The van der Waals surface area contributed by atoms with Gasteiger partial charge in [0.2, 0.25) is 0 Å². The van der Waals surface area contributed by atoms with Crippen molar-refractivity contribution in [2.75, 3.05) is 12.3 Å². The zero-order valence-electron chi connectivity index (χ0n) is 18.1. The van der Waals surface area contributed by atoms with Gasteiger partial charge in [-0.15, -0.1) is 0 Å². The molecule has 1 fully saturated rings. The first kappa shape index (κ1) is 36.3. The summed E-state index contributed by atoms with van der Waals surface area (Å²) in [6.07, 6.45) is 2.00. The molecule has 1 saturated heterocycles. The van der Waals surface area contributed by atoms with Crippen LogP contribution in [0, 0.1) is 0 Å². The number of fused-ring (bicyclic) bond motifs is 1. The van der Waals surface area contributed by atoms with Gasteiger partial charge in [-0.25, -0.2) is 19.3 Å². The van der Waals surface area contributed by atoms with Crippen molar-refractivity contribution in [1.29, 1.82) is 0 Å². The van der Waals surface area contributed by atoms with E-state index < -0.39 is 42.4 Å². The van der Waals surface area contributed by atoms with Crippen molar-refractivity contribution < 1.29 is 127 Å². The summed E-state index contributed by atoms with van der Waals surface area (Å²) in [5, 5.41) is 0. The molecule has 0 bridgehead atoms. The molecule has 1 aliphatic rings. The van der Waals surface area contributed by atoms with Crippen molar-refractivity contribution in [2.24, 2.45) is 0 Å². The third kappa shape index (κ3) is 10.6. The van der Waals surface area contributed by atoms with Crippen molar-refractivity contribution >= 4 is 40.4 Å². The molecule has 2 aromatic heterocycles. The fraction of sp³-hybridized carbons (Fsp3) is 0.500. The van der Waals surface area contributed by atoms with E-state index in [0.29, 0.717) is 24.0 Å². The normalized spacial score (nSPS) is 21.5. The number of phosphoric ester groups is 1. The number of hydrogen-bond donors (Lipinski definition) is 1. The van der Waals surface area contributed by atoms with Crippen LogP contribution in [0.25, 0.3) is 11.2 Å². The molecule has 4 atom stereocenters. The second kappa shape index (κ2) is 14.2. The van der Waals surface area contributed by atoms with Gasteiger partial charge in [0.05, 0.1) is 26.9 Å². The van der Waals surface area contributed by atoms with E-state index in [1.807, 2.05) is 0 Å². The molecule has 16 nitrogen and oxygen atoms in total. The van der Waals surface area contributed by atoms with Crippen molar-refractivity contribution in [1.82, 2.24) is 19.5 Å². The Balaban J connectivity index is 0. The molecule has 0 aliphatic carbocycles. The summed E-state index contributed by atoms with van der Waals surface area (Å²) >= 11 is 0. The average molecular weight is 499 g/mol. The average Bonchev–Trinajstić information content (AvgIpc) is 3.16. The smallest absolute Gasteiger partial charge is 0.790 e. The molecule has 2 N–H and O–H groups in total. The van der Waals surface area contributed by atoms with Crippen molar-refractivity contribution in [2.45, 2.75) is 25.2 Å². The van der Waals surface area contributed by atoms with Gasteiger partial charge in [0.25, 0.3) is 15.6 Å². The summed E-state index contributed by atoms with van der Waals surface area (Å²) in [5.74, 6) is 0.168. The fourth-order valence-corrected chi connectivity index (χ4v) is 5.44. The molecule has 0 radical (unpaired) electrons. The second-order valence-corrected chi connectivity index (χ2v) is 9.92. The van der Waals surface area contributed by atoms with Crippen molar-refractivity contribution in [3.8, 4) is 0 Å². The molecule has 0 aromatic carbocycles. The van der Waals surface area contributed by atoms with Crippen LogP contribution in [0.2, 0.25) is 0 Å². The molecule has 0 saturated carbocycles. The number of rotatable bonds is 8. The Morgan fingerprint density at radius 2 is 1.64 bits per heavy atom. The molecule has 0 spiro atoms. The second-order valence-electron chi connectivity index (χ2n) is 5.67. The zero-order chi connectivity index (χ0) is 21.4. The maximum atomic E-state index is 11.5. The Morgan fingerprint density at radius 1 is 1.00 bits per heavy atom. The summed E-state index contributed by atoms with van der Waals surface area (Å²) in [6, 6.07) is 0. The number of nitrogens with two attached hydrogens (primary N) is 1. The van der Waals surface area contributed by atoms with Gasteiger partial charge in [-0.1, -0.05) is 0 Å². The summed E-state index contributed by atoms with van der Waals surface area (Å²) in [5.41, 5.74) is 6.45. The Hall–Kier alpha value is 1.11. The molecular formula is C10H12Li4N5O11P3. The maximum Gasteiger partial charge on any atom is 1.00 e. The Kier molecular flexibility index (Phi) is 15.6. The van der Waals surface area contributed by atoms with E-state index in [-0.39, 0.29) is 81.3 Å². The fourth-order valence-electron chi connectivity index (χ4n) is 2.55. The number of anilines is 1. The molecule has 0 amide bonds. The molecule has 1 aliphatic heterocycles. The van der Waals surface area contributed by atoms with Crippen molar-refractivity contribution in [3.63, 3.8) is 0 Å². The van der Waals surface area contributed by atoms with Crippen LogP contribution < -0.4 is 101 Å². The van der Waals surface area contributed by atoms with Crippen LogP contribution in [0.15, 0.2) is 12.7 Å². The van der Waals surface area contributed by atoms with Gasteiger partial charge >= 0.3 is 75.4 Å². The molecule has 3 heterocycles. The first-order valence-electron chi connectivity index (χ1n) is 7.65. The van der Waals surface area contributed by atoms with E-state index in [0.717, 1.165) is 0 Å². The summed E-state index contributed by atoms with van der Waals surface area (Å²) < 4.78 is 51.1. The predicted molar refractivity (Wildman–Crippen MR) is 83.8 cm³/mol. The third-order valence-electron chi connectivity index (χ3n) is 3.60.